The molecule has 0 rings (SSSR count). The summed E-state index contributed by atoms with van der Waals surface area (Å²) in [4.78, 5) is 1.96. The van der Waals surface area contributed by atoms with E-state index in [0.717, 1.165) is 0 Å². The lowest BCUT2D eigenvalue weighted by atomic mass is 9.93. The Balaban J connectivity index is 4.60. The molecule has 0 heterocycles. The van der Waals surface area contributed by atoms with Crippen molar-refractivity contribution in [1.82, 2.24) is 4.90 Å². The van der Waals surface area contributed by atoms with Crippen molar-refractivity contribution in [3.8, 4) is 0 Å². The number of allylic oxidation sites excluding steroid dienone is 1. The summed E-state index contributed by atoms with van der Waals surface area (Å²) in [7, 11) is 3.86. The van der Waals surface area contributed by atoms with Crippen LogP contribution < -0.4 is 5.73 Å². The predicted molar refractivity (Wildman–Crippen MR) is 52.0 cm³/mol. The number of aliphatic hydroxyl groups is 1. The molecule has 0 aromatic heterocycles. The van der Waals surface area contributed by atoms with Crippen LogP contribution >= 0.6 is 0 Å². The SMILES string of the molecule is CC=CC(C)(C(O)CN)N(C)C. The maximum Gasteiger partial charge on any atom is 0.0878 e. The van der Waals surface area contributed by atoms with Gasteiger partial charge in [-0.2, -0.15) is 0 Å². The van der Waals surface area contributed by atoms with Gasteiger partial charge in [0, 0.05) is 6.54 Å². The van der Waals surface area contributed by atoms with Crippen molar-refractivity contribution in [2.75, 3.05) is 20.6 Å². The molecular weight excluding hydrogens is 152 g/mol. The Morgan fingerprint density at radius 3 is 2.33 bits per heavy atom. The third-order valence-corrected chi connectivity index (χ3v) is 2.37. The zero-order valence-corrected chi connectivity index (χ0v) is 8.41. The number of hydrogen-bond acceptors (Lipinski definition) is 3. The normalized spacial score (nSPS) is 19.9. The van der Waals surface area contributed by atoms with Crippen molar-refractivity contribution in [2.45, 2.75) is 25.5 Å². The van der Waals surface area contributed by atoms with Gasteiger partial charge in [-0.1, -0.05) is 12.2 Å². The molecule has 0 aliphatic rings. The standard InChI is InChI=1S/C9H20N2O/c1-5-6-9(2,11(3)4)8(12)7-10/h5-6,8,12H,7,10H2,1-4H3. The van der Waals surface area contributed by atoms with E-state index in [9.17, 15) is 5.11 Å². The van der Waals surface area contributed by atoms with Crippen LogP contribution in [-0.2, 0) is 0 Å². The van der Waals surface area contributed by atoms with E-state index in [4.69, 9.17) is 5.73 Å². The molecule has 0 spiro atoms. The number of hydrogen-bond donors (Lipinski definition) is 2. The Kier molecular flexibility index (Phi) is 4.45. The molecule has 0 aliphatic carbocycles. The zero-order valence-electron chi connectivity index (χ0n) is 8.41. The van der Waals surface area contributed by atoms with Gasteiger partial charge in [-0.05, 0) is 27.9 Å². The summed E-state index contributed by atoms with van der Waals surface area (Å²) >= 11 is 0. The van der Waals surface area contributed by atoms with Crippen LogP contribution in [0.3, 0.4) is 0 Å². The molecule has 0 saturated heterocycles. The highest BCUT2D eigenvalue weighted by atomic mass is 16.3. The van der Waals surface area contributed by atoms with E-state index in [0.29, 0.717) is 0 Å². The van der Waals surface area contributed by atoms with Gasteiger partial charge in [0.25, 0.3) is 0 Å². The van der Waals surface area contributed by atoms with Gasteiger partial charge in [-0.15, -0.1) is 0 Å². The maximum absolute atomic E-state index is 9.66. The molecular formula is C9H20N2O. The van der Waals surface area contributed by atoms with Crippen LogP contribution in [0.25, 0.3) is 0 Å². The van der Waals surface area contributed by atoms with Crippen molar-refractivity contribution >= 4 is 0 Å². The molecule has 0 aromatic carbocycles. The second-order valence-corrected chi connectivity index (χ2v) is 3.37. The average molecular weight is 172 g/mol. The first kappa shape index (κ1) is 11.6. The van der Waals surface area contributed by atoms with Gasteiger partial charge in [0.2, 0.25) is 0 Å². The van der Waals surface area contributed by atoms with Gasteiger partial charge in [0.1, 0.15) is 0 Å². The fraction of sp³-hybridized carbons (Fsp3) is 0.778. The third-order valence-electron chi connectivity index (χ3n) is 2.37. The minimum atomic E-state index is -0.524. The molecule has 0 aromatic rings. The van der Waals surface area contributed by atoms with Gasteiger partial charge < -0.3 is 10.8 Å². The van der Waals surface area contributed by atoms with Crippen molar-refractivity contribution < 1.29 is 5.11 Å². The monoisotopic (exact) mass is 172 g/mol. The van der Waals surface area contributed by atoms with Crippen LogP contribution in [0.2, 0.25) is 0 Å². The molecule has 2 unspecified atom stereocenters. The molecule has 3 nitrogen and oxygen atoms in total. The van der Waals surface area contributed by atoms with Crippen LogP contribution in [0, 0.1) is 0 Å². The van der Waals surface area contributed by atoms with Gasteiger partial charge in [0.05, 0.1) is 11.6 Å². The summed E-state index contributed by atoms with van der Waals surface area (Å²) in [6.45, 7) is 4.18. The minimum Gasteiger partial charge on any atom is -0.390 e. The molecule has 0 amide bonds. The zero-order chi connectivity index (χ0) is 9.78. The van der Waals surface area contributed by atoms with Crippen LogP contribution in [0.4, 0.5) is 0 Å². The lowest BCUT2D eigenvalue weighted by molar-refractivity contribution is 0.0435. The van der Waals surface area contributed by atoms with Crippen molar-refractivity contribution in [3.05, 3.63) is 12.2 Å². The van der Waals surface area contributed by atoms with Gasteiger partial charge in [-0.3, -0.25) is 4.90 Å². The highest BCUT2D eigenvalue weighted by molar-refractivity contribution is 5.07. The number of likely N-dealkylation sites (N-methyl/N-ethyl adjacent to an activating group) is 1. The van der Waals surface area contributed by atoms with Gasteiger partial charge in [-0.25, -0.2) is 0 Å². The number of rotatable bonds is 4. The average Bonchev–Trinajstić information content (AvgIpc) is 2.03. The Labute approximate surface area is 74.9 Å². The molecule has 0 radical (unpaired) electrons. The van der Waals surface area contributed by atoms with E-state index in [1.54, 1.807) is 0 Å². The van der Waals surface area contributed by atoms with E-state index < -0.39 is 6.10 Å². The topological polar surface area (TPSA) is 49.5 Å². The van der Waals surface area contributed by atoms with E-state index in [-0.39, 0.29) is 12.1 Å². The van der Waals surface area contributed by atoms with Gasteiger partial charge in [0.15, 0.2) is 0 Å². The lowest BCUT2D eigenvalue weighted by Gasteiger charge is -2.37. The highest BCUT2D eigenvalue weighted by Gasteiger charge is 2.31. The molecule has 3 N–H and O–H groups in total. The molecule has 3 heteroatoms. The number of nitrogens with zero attached hydrogens (tertiary/aromatic N) is 1. The molecule has 2 atom stereocenters. The third kappa shape index (κ3) is 2.30. The smallest absolute Gasteiger partial charge is 0.0878 e. The minimum absolute atomic E-state index is 0.277. The van der Waals surface area contributed by atoms with E-state index in [1.807, 2.05) is 45.0 Å². The van der Waals surface area contributed by atoms with Gasteiger partial charge >= 0.3 is 0 Å². The lowest BCUT2D eigenvalue weighted by Crippen LogP contribution is -2.52. The van der Waals surface area contributed by atoms with Crippen LogP contribution in [0.15, 0.2) is 12.2 Å². The molecule has 0 aliphatic heterocycles. The predicted octanol–water partition coefficient (Wildman–Crippen LogP) is 0.202. The van der Waals surface area contributed by atoms with Crippen molar-refractivity contribution in [1.29, 1.82) is 0 Å². The first-order valence-electron chi connectivity index (χ1n) is 4.18. The van der Waals surface area contributed by atoms with E-state index in [1.165, 1.54) is 0 Å². The molecule has 0 fully saturated rings. The van der Waals surface area contributed by atoms with Crippen LogP contribution in [-0.4, -0.2) is 42.3 Å². The fourth-order valence-electron chi connectivity index (χ4n) is 1.13. The summed E-state index contributed by atoms with van der Waals surface area (Å²) < 4.78 is 0. The summed E-state index contributed by atoms with van der Waals surface area (Å²) in [5.74, 6) is 0. The first-order chi connectivity index (χ1) is 5.49. The number of nitrogens with two attached hydrogens (primary N) is 1. The van der Waals surface area contributed by atoms with Crippen LogP contribution in [0.1, 0.15) is 13.8 Å². The highest BCUT2D eigenvalue weighted by Crippen LogP contribution is 2.17. The second-order valence-electron chi connectivity index (χ2n) is 3.37. The Morgan fingerprint density at radius 1 is 1.58 bits per heavy atom. The molecule has 0 saturated carbocycles. The summed E-state index contributed by atoms with van der Waals surface area (Å²) in [5.41, 5.74) is 5.06. The molecule has 72 valence electrons. The Morgan fingerprint density at radius 2 is 2.08 bits per heavy atom. The van der Waals surface area contributed by atoms with Crippen LogP contribution in [0.5, 0.6) is 0 Å². The maximum atomic E-state index is 9.66. The first-order valence-corrected chi connectivity index (χ1v) is 4.18. The second kappa shape index (κ2) is 4.60. The fourth-order valence-corrected chi connectivity index (χ4v) is 1.13. The molecule has 0 bridgehead atoms. The van der Waals surface area contributed by atoms with E-state index in [2.05, 4.69) is 0 Å². The largest absolute Gasteiger partial charge is 0.390 e. The Bertz CT molecular complexity index is 157. The van der Waals surface area contributed by atoms with Crippen molar-refractivity contribution in [3.63, 3.8) is 0 Å². The molecule has 12 heavy (non-hydrogen) atoms. The van der Waals surface area contributed by atoms with Crippen molar-refractivity contribution in [2.24, 2.45) is 5.73 Å². The summed E-state index contributed by atoms with van der Waals surface area (Å²) in [6.07, 6.45) is 3.37. The summed E-state index contributed by atoms with van der Waals surface area (Å²) in [5, 5.41) is 9.66. The van der Waals surface area contributed by atoms with E-state index >= 15 is 0 Å². The quantitative estimate of drug-likeness (QED) is 0.596. The Hall–Kier alpha value is -0.380. The summed E-state index contributed by atoms with van der Waals surface area (Å²) in [6, 6.07) is 0. The number of aliphatic hydroxyl groups excluding tert-OH is 1.